The molecule has 0 spiro atoms. The van der Waals surface area contributed by atoms with E-state index in [9.17, 15) is 13.2 Å². The number of aryl methyl sites for hydroxylation is 1. The number of ether oxygens (including phenoxy) is 2. The van der Waals surface area contributed by atoms with Gasteiger partial charge in [0.15, 0.2) is 11.5 Å². The number of carbonyl (C=O) groups excluding carboxylic acids is 1. The van der Waals surface area contributed by atoms with Gasteiger partial charge in [0, 0.05) is 0 Å². The smallest absolute Gasteiger partial charge is 0.258 e. The van der Waals surface area contributed by atoms with Crippen molar-refractivity contribution >= 4 is 38.1 Å². The average Bonchev–Trinajstić information content (AvgIpc) is 2.87. The number of carbonyl (C=O) groups is 1. The SMILES string of the molecule is COc1cc(/C=N\NC(=O)[C@H](NS(=O)(=O)c2ccc(C)cc2)C(C)C)cc(Br)c1OCc1ccccc1. The van der Waals surface area contributed by atoms with E-state index in [-0.39, 0.29) is 10.8 Å². The van der Waals surface area contributed by atoms with Crippen LogP contribution in [0.25, 0.3) is 0 Å². The maximum Gasteiger partial charge on any atom is 0.258 e. The molecular weight excluding hydrogens is 558 g/mol. The summed E-state index contributed by atoms with van der Waals surface area (Å²) in [6.07, 6.45) is 1.44. The highest BCUT2D eigenvalue weighted by atomic mass is 79.9. The van der Waals surface area contributed by atoms with Crippen LogP contribution >= 0.6 is 15.9 Å². The minimum Gasteiger partial charge on any atom is -0.493 e. The molecule has 0 aliphatic rings. The first-order valence-electron chi connectivity index (χ1n) is 11.6. The molecule has 0 aliphatic carbocycles. The van der Waals surface area contributed by atoms with Crippen LogP contribution in [-0.4, -0.2) is 33.7 Å². The van der Waals surface area contributed by atoms with Crippen molar-refractivity contribution in [3.05, 3.63) is 87.9 Å². The van der Waals surface area contributed by atoms with Gasteiger partial charge in [0.25, 0.3) is 5.91 Å². The maximum atomic E-state index is 12.8. The molecule has 37 heavy (non-hydrogen) atoms. The third-order valence-corrected chi connectivity index (χ3v) is 7.47. The van der Waals surface area contributed by atoms with Crippen LogP contribution < -0.4 is 19.6 Å². The Morgan fingerprint density at radius 2 is 1.76 bits per heavy atom. The highest BCUT2D eigenvalue weighted by Gasteiger charge is 2.28. The summed E-state index contributed by atoms with van der Waals surface area (Å²) in [6.45, 7) is 5.74. The number of rotatable bonds is 11. The molecule has 0 unspecified atom stereocenters. The summed E-state index contributed by atoms with van der Waals surface area (Å²) in [5.41, 5.74) is 5.02. The second kappa shape index (κ2) is 12.8. The molecule has 0 bridgehead atoms. The summed E-state index contributed by atoms with van der Waals surface area (Å²) in [7, 11) is -2.35. The van der Waals surface area contributed by atoms with Crippen molar-refractivity contribution < 1.29 is 22.7 Å². The zero-order chi connectivity index (χ0) is 27.0. The Kier molecular flexibility index (Phi) is 9.85. The van der Waals surface area contributed by atoms with Gasteiger partial charge in [-0.2, -0.15) is 9.82 Å². The molecule has 196 valence electrons. The molecule has 1 atom stereocenters. The van der Waals surface area contributed by atoms with Crippen LogP contribution in [0.1, 0.15) is 30.5 Å². The molecule has 10 heteroatoms. The number of amides is 1. The molecule has 0 saturated heterocycles. The van der Waals surface area contributed by atoms with Gasteiger partial charge in [-0.1, -0.05) is 61.9 Å². The Bertz CT molecular complexity index is 1340. The van der Waals surface area contributed by atoms with E-state index in [1.807, 2.05) is 37.3 Å². The van der Waals surface area contributed by atoms with Crippen LogP contribution in [-0.2, 0) is 21.4 Å². The first kappa shape index (κ1) is 28.4. The lowest BCUT2D eigenvalue weighted by atomic mass is 10.1. The Hall–Kier alpha value is -3.21. The zero-order valence-corrected chi connectivity index (χ0v) is 23.5. The van der Waals surface area contributed by atoms with Crippen LogP contribution in [0.15, 0.2) is 81.2 Å². The molecule has 0 aromatic heterocycles. The van der Waals surface area contributed by atoms with Gasteiger partial charge in [0.05, 0.1) is 22.7 Å². The zero-order valence-electron chi connectivity index (χ0n) is 21.1. The van der Waals surface area contributed by atoms with E-state index in [1.165, 1.54) is 25.5 Å². The number of sulfonamides is 1. The fourth-order valence-electron chi connectivity index (χ4n) is 3.37. The minimum atomic E-state index is -3.89. The molecule has 2 N–H and O–H groups in total. The van der Waals surface area contributed by atoms with E-state index in [0.717, 1.165) is 11.1 Å². The molecule has 1 amide bonds. The van der Waals surface area contributed by atoms with Crippen molar-refractivity contribution in [2.24, 2.45) is 11.0 Å². The number of hydrazone groups is 1. The van der Waals surface area contributed by atoms with Crippen molar-refractivity contribution in [3.8, 4) is 11.5 Å². The molecule has 3 aromatic carbocycles. The number of hydrogen-bond acceptors (Lipinski definition) is 6. The summed E-state index contributed by atoms with van der Waals surface area (Å²) in [6, 6.07) is 18.7. The fourth-order valence-corrected chi connectivity index (χ4v) is 5.29. The number of benzene rings is 3. The van der Waals surface area contributed by atoms with E-state index in [2.05, 4.69) is 31.2 Å². The average molecular weight is 589 g/mol. The van der Waals surface area contributed by atoms with E-state index < -0.39 is 22.0 Å². The Balaban J connectivity index is 1.69. The second-order valence-corrected chi connectivity index (χ2v) is 11.3. The third-order valence-electron chi connectivity index (χ3n) is 5.43. The lowest BCUT2D eigenvalue weighted by molar-refractivity contribution is -0.123. The predicted molar refractivity (Wildman–Crippen MR) is 147 cm³/mol. The summed E-state index contributed by atoms with van der Waals surface area (Å²) in [5, 5.41) is 4.02. The highest BCUT2D eigenvalue weighted by molar-refractivity contribution is 9.10. The van der Waals surface area contributed by atoms with Crippen molar-refractivity contribution in [1.82, 2.24) is 10.1 Å². The van der Waals surface area contributed by atoms with Gasteiger partial charge < -0.3 is 9.47 Å². The van der Waals surface area contributed by atoms with Gasteiger partial charge in [-0.15, -0.1) is 0 Å². The number of nitrogens with one attached hydrogen (secondary N) is 2. The number of hydrogen-bond donors (Lipinski definition) is 2. The molecular formula is C27H30BrN3O5S. The number of halogens is 1. The quantitative estimate of drug-likeness (QED) is 0.247. The van der Waals surface area contributed by atoms with Gasteiger partial charge in [-0.3, -0.25) is 4.79 Å². The van der Waals surface area contributed by atoms with Gasteiger partial charge in [0.2, 0.25) is 10.0 Å². The van der Waals surface area contributed by atoms with Gasteiger partial charge in [-0.05, 0) is 64.2 Å². The third kappa shape index (κ3) is 7.88. The Morgan fingerprint density at radius 3 is 2.38 bits per heavy atom. The first-order valence-corrected chi connectivity index (χ1v) is 13.8. The molecule has 0 saturated carbocycles. The van der Waals surface area contributed by atoms with Gasteiger partial charge in [-0.25, -0.2) is 13.8 Å². The lowest BCUT2D eigenvalue weighted by Crippen LogP contribution is -2.48. The molecule has 0 radical (unpaired) electrons. The van der Waals surface area contributed by atoms with Crippen LogP contribution in [0.2, 0.25) is 0 Å². The highest BCUT2D eigenvalue weighted by Crippen LogP contribution is 2.36. The molecule has 8 nitrogen and oxygen atoms in total. The molecule has 0 fully saturated rings. The van der Waals surface area contributed by atoms with Crippen molar-refractivity contribution in [2.75, 3.05) is 7.11 Å². The molecule has 0 aliphatic heterocycles. The molecule has 3 rings (SSSR count). The van der Waals surface area contributed by atoms with Crippen LogP contribution in [0.4, 0.5) is 0 Å². The number of methoxy groups -OCH3 is 1. The van der Waals surface area contributed by atoms with Crippen LogP contribution in [0.3, 0.4) is 0 Å². The topological polar surface area (TPSA) is 106 Å². The minimum absolute atomic E-state index is 0.0894. The summed E-state index contributed by atoms with van der Waals surface area (Å²) < 4.78 is 40.1. The number of nitrogens with zero attached hydrogens (tertiary/aromatic N) is 1. The molecule has 0 heterocycles. The maximum absolute atomic E-state index is 12.8. The van der Waals surface area contributed by atoms with Crippen molar-refractivity contribution in [3.63, 3.8) is 0 Å². The molecule has 3 aromatic rings. The largest absolute Gasteiger partial charge is 0.493 e. The van der Waals surface area contributed by atoms with E-state index >= 15 is 0 Å². The van der Waals surface area contributed by atoms with Crippen molar-refractivity contribution in [2.45, 2.75) is 38.3 Å². The monoisotopic (exact) mass is 587 g/mol. The Morgan fingerprint density at radius 1 is 1.08 bits per heavy atom. The first-order chi connectivity index (χ1) is 17.6. The summed E-state index contributed by atoms with van der Waals surface area (Å²) in [5.74, 6) is 0.142. The van der Waals surface area contributed by atoms with E-state index in [0.29, 0.717) is 28.1 Å². The van der Waals surface area contributed by atoms with E-state index in [1.54, 1.807) is 38.1 Å². The Labute approximate surface area is 226 Å². The van der Waals surface area contributed by atoms with E-state index in [4.69, 9.17) is 9.47 Å². The summed E-state index contributed by atoms with van der Waals surface area (Å²) >= 11 is 3.50. The standard InChI is InChI=1S/C27H30BrN3O5S/c1-18(2)25(31-37(33,34)22-12-10-19(3)11-13-22)27(32)30-29-16-21-14-23(28)26(24(15-21)35-4)36-17-20-8-6-5-7-9-20/h5-16,18,25,31H,17H2,1-4H3,(H,30,32)/b29-16-/t25-/m1/s1. The van der Waals surface area contributed by atoms with Crippen LogP contribution in [0, 0.1) is 12.8 Å². The van der Waals surface area contributed by atoms with Crippen molar-refractivity contribution in [1.29, 1.82) is 0 Å². The predicted octanol–water partition coefficient (Wildman–Crippen LogP) is 4.80. The fraction of sp³-hybridized carbons (Fsp3) is 0.259. The van der Waals surface area contributed by atoms with Gasteiger partial charge in [0.1, 0.15) is 12.6 Å². The normalized spacial score (nSPS) is 12.5. The second-order valence-electron chi connectivity index (χ2n) is 8.70. The van der Waals surface area contributed by atoms with Crippen LogP contribution in [0.5, 0.6) is 11.5 Å². The lowest BCUT2D eigenvalue weighted by Gasteiger charge is -2.20. The summed E-state index contributed by atoms with van der Waals surface area (Å²) in [4.78, 5) is 12.9. The van der Waals surface area contributed by atoms with Gasteiger partial charge >= 0.3 is 0 Å².